The number of allylic oxidation sites excluding steroid dienone is 3. The van der Waals surface area contributed by atoms with E-state index in [1.807, 2.05) is 0 Å². The van der Waals surface area contributed by atoms with Gasteiger partial charge >= 0.3 is 0 Å². The second kappa shape index (κ2) is 19.2. The van der Waals surface area contributed by atoms with E-state index < -0.39 is 24.2 Å². The van der Waals surface area contributed by atoms with Crippen molar-refractivity contribution < 1.29 is 0 Å². The van der Waals surface area contributed by atoms with Crippen LogP contribution in [0, 0.1) is 46.1 Å². The number of benzene rings is 1. The van der Waals surface area contributed by atoms with Crippen LogP contribution in [0.15, 0.2) is 18.2 Å². The van der Waals surface area contributed by atoms with Gasteiger partial charge in [-0.05, 0) is 112 Å². The highest BCUT2D eigenvalue weighted by atomic mass is 28.3. The average Bonchev–Trinajstić information content (AvgIpc) is 3.37. The van der Waals surface area contributed by atoms with Crippen molar-refractivity contribution in [2.75, 3.05) is 0 Å². The van der Waals surface area contributed by atoms with E-state index in [9.17, 15) is 5.26 Å². The van der Waals surface area contributed by atoms with Crippen molar-refractivity contribution >= 4 is 40.7 Å². The Morgan fingerprint density at radius 3 is 1.33 bits per heavy atom. The Morgan fingerprint density at radius 2 is 0.964 bits per heavy atom. The van der Waals surface area contributed by atoms with Crippen LogP contribution in [0.3, 0.4) is 0 Å². The van der Waals surface area contributed by atoms with Gasteiger partial charge in [0.15, 0.2) is 0 Å². The van der Waals surface area contributed by atoms with E-state index in [4.69, 9.17) is 0 Å². The van der Waals surface area contributed by atoms with Crippen LogP contribution in [0.2, 0.25) is 49.9 Å². The summed E-state index contributed by atoms with van der Waals surface area (Å²) in [5.74, 6) is 15.0. The standard InChI is InChI=1S/C50H80N2Si3/c1-33(2)52(34(3)4)48-32-44(26-28-51)49-46(27-30-54(38(11)12,39(13)14)40(15)16)50(55(41(17)18,42(19)20)43(21)22)45(31-47(48)49)25-23-24-29-53(35(5)6,36(7)8)37(9)10/h26,31-43H,1-22H3/b44-26+. The fourth-order valence-corrected chi connectivity index (χ4v) is 29.2. The molecule has 2 nitrogen and oxygen atoms in total. The summed E-state index contributed by atoms with van der Waals surface area (Å²) in [7, 11) is -6.48. The summed E-state index contributed by atoms with van der Waals surface area (Å²) in [6.07, 6.45) is 4.04. The van der Waals surface area contributed by atoms with E-state index >= 15 is 0 Å². The Kier molecular flexibility index (Phi) is 16.9. The number of nitrogens with zero attached hydrogens (tertiary/aromatic N) is 2. The molecule has 55 heavy (non-hydrogen) atoms. The molecule has 0 bridgehead atoms. The van der Waals surface area contributed by atoms with Gasteiger partial charge in [0.2, 0.25) is 0 Å². The van der Waals surface area contributed by atoms with Crippen LogP contribution in [0.5, 0.6) is 0 Å². The molecule has 0 atom stereocenters. The lowest BCUT2D eigenvalue weighted by atomic mass is 9.95. The number of hydrogen-bond acceptors (Lipinski definition) is 2. The minimum Gasteiger partial charge on any atom is -0.366 e. The summed E-state index contributed by atoms with van der Waals surface area (Å²) in [4.78, 5) is 2.51. The highest BCUT2D eigenvalue weighted by Gasteiger charge is 2.49. The summed E-state index contributed by atoms with van der Waals surface area (Å²) in [6, 6.07) is 5.40. The Balaban J connectivity index is 3.59. The SMILES string of the molecule is CC(C)N(C1=C/C(=C\C#N)c2c1cc(C#CC#C[Si](C(C)C)(C(C)C)C(C)C)c([Si](C(C)C)(C(C)C)C(C)C)c2C#C[Si](C(C)C)(C(C)C)C(C)C)C(C)C. The van der Waals surface area contributed by atoms with Gasteiger partial charge in [0.1, 0.15) is 16.1 Å². The largest absolute Gasteiger partial charge is 0.366 e. The lowest BCUT2D eigenvalue weighted by Crippen LogP contribution is -2.58. The number of hydrogen-bond donors (Lipinski definition) is 0. The Bertz CT molecular complexity index is 1730. The third-order valence-electron chi connectivity index (χ3n) is 13.8. The number of fused-ring (bicyclic) bond motifs is 1. The molecular weight excluding hydrogens is 713 g/mol. The third-order valence-corrected chi connectivity index (χ3v) is 33.5. The lowest BCUT2D eigenvalue weighted by molar-refractivity contribution is 0.274. The van der Waals surface area contributed by atoms with Crippen LogP contribution in [-0.2, 0) is 0 Å². The molecular formula is C50H80N2Si3. The smallest absolute Gasteiger partial charge is 0.147 e. The maximum Gasteiger partial charge on any atom is 0.147 e. The van der Waals surface area contributed by atoms with Gasteiger partial charge in [-0.15, -0.1) is 11.1 Å². The normalized spacial score (nSPS) is 14.4. The quantitative estimate of drug-likeness (QED) is 0.113. The Hall–Kier alpha value is -2.68. The molecule has 5 heteroatoms. The van der Waals surface area contributed by atoms with Gasteiger partial charge in [0.05, 0.1) is 14.1 Å². The van der Waals surface area contributed by atoms with Crippen LogP contribution in [0.4, 0.5) is 0 Å². The highest BCUT2D eigenvalue weighted by molar-refractivity contribution is 6.96. The zero-order valence-corrected chi connectivity index (χ0v) is 42.5. The minimum absolute atomic E-state index is 0.273. The maximum atomic E-state index is 10.3. The fraction of sp³-hybridized carbons (Fsp3) is 0.660. The van der Waals surface area contributed by atoms with Gasteiger partial charge < -0.3 is 4.90 Å². The average molecular weight is 793 g/mol. The molecule has 1 aromatic carbocycles. The lowest BCUT2D eigenvalue weighted by Gasteiger charge is -2.45. The van der Waals surface area contributed by atoms with Crippen LogP contribution in [0.25, 0.3) is 11.3 Å². The van der Waals surface area contributed by atoms with E-state index in [0.717, 1.165) is 27.8 Å². The topological polar surface area (TPSA) is 27.0 Å². The third kappa shape index (κ3) is 8.92. The van der Waals surface area contributed by atoms with Crippen molar-refractivity contribution in [2.45, 2.75) is 214 Å². The van der Waals surface area contributed by atoms with E-state index in [-0.39, 0.29) is 12.1 Å². The first-order valence-electron chi connectivity index (χ1n) is 21.7. The monoisotopic (exact) mass is 793 g/mol. The first-order chi connectivity index (χ1) is 25.4. The molecule has 0 saturated carbocycles. The Morgan fingerprint density at radius 1 is 0.545 bits per heavy atom. The summed E-state index contributed by atoms with van der Waals surface area (Å²) < 4.78 is 0. The highest BCUT2D eigenvalue weighted by Crippen LogP contribution is 2.48. The van der Waals surface area contributed by atoms with Gasteiger partial charge in [-0.2, -0.15) is 5.26 Å². The molecule has 0 N–H and O–H groups in total. The van der Waals surface area contributed by atoms with Crippen LogP contribution >= 0.6 is 0 Å². The summed E-state index contributed by atoms with van der Waals surface area (Å²) in [6.45, 7) is 52.4. The van der Waals surface area contributed by atoms with E-state index in [0.29, 0.717) is 49.9 Å². The first kappa shape index (κ1) is 48.5. The molecule has 0 amide bonds. The zero-order valence-electron chi connectivity index (χ0n) is 39.5. The van der Waals surface area contributed by atoms with E-state index in [1.54, 1.807) is 6.08 Å². The summed E-state index contributed by atoms with van der Waals surface area (Å²) in [5, 5.41) is 11.7. The van der Waals surface area contributed by atoms with Crippen molar-refractivity contribution in [1.82, 2.24) is 4.90 Å². The van der Waals surface area contributed by atoms with Crippen LogP contribution < -0.4 is 5.19 Å². The maximum absolute atomic E-state index is 10.3. The molecule has 2 rings (SSSR count). The van der Waals surface area contributed by atoms with Crippen molar-refractivity contribution in [2.24, 2.45) is 0 Å². The second-order valence-electron chi connectivity index (χ2n) is 19.9. The molecule has 0 saturated heterocycles. The molecule has 1 aliphatic rings. The van der Waals surface area contributed by atoms with Gasteiger partial charge in [-0.1, -0.05) is 136 Å². The summed E-state index contributed by atoms with van der Waals surface area (Å²) >= 11 is 0. The predicted molar refractivity (Wildman–Crippen MR) is 254 cm³/mol. The molecule has 1 aliphatic carbocycles. The number of rotatable bonds is 13. The molecule has 0 fully saturated rings. The van der Waals surface area contributed by atoms with Crippen LogP contribution in [0.1, 0.15) is 175 Å². The number of nitriles is 1. The van der Waals surface area contributed by atoms with Crippen LogP contribution in [-0.4, -0.2) is 41.2 Å². The molecule has 0 radical (unpaired) electrons. The first-order valence-corrected chi connectivity index (χ1v) is 28.4. The summed E-state index contributed by atoms with van der Waals surface area (Å²) in [5.41, 5.74) is 19.3. The van der Waals surface area contributed by atoms with Gasteiger partial charge in [0.25, 0.3) is 0 Å². The van der Waals surface area contributed by atoms with Gasteiger partial charge in [0, 0.05) is 46.1 Å². The molecule has 0 aromatic heterocycles. The molecule has 0 spiro atoms. The van der Waals surface area contributed by atoms with Crippen molar-refractivity contribution in [3.63, 3.8) is 0 Å². The molecule has 0 aliphatic heterocycles. The fourth-order valence-electron chi connectivity index (χ4n) is 11.8. The van der Waals surface area contributed by atoms with E-state index in [2.05, 4.69) is 210 Å². The Labute approximate surface area is 344 Å². The van der Waals surface area contributed by atoms with Gasteiger partial charge in [-0.3, -0.25) is 0 Å². The van der Waals surface area contributed by atoms with Crippen molar-refractivity contribution in [1.29, 1.82) is 5.26 Å². The predicted octanol–water partition coefficient (Wildman–Crippen LogP) is 14.1. The minimum atomic E-state index is -2.39. The molecule has 302 valence electrons. The van der Waals surface area contributed by atoms with E-state index in [1.165, 1.54) is 10.9 Å². The molecule has 0 heterocycles. The van der Waals surface area contributed by atoms with Crippen molar-refractivity contribution in [3.05, 3.63) is 40.5 Å². The molecule has 1 aromatic rings. The van der Waals surface area contributed by atoms with Crippen molar-refractivity contribution in [3.8, 4) is 40.8 Å². The zero-order chi connectivity index (χ0) is 42.5. The van der Waals surface area contributed by atoms with Gasteiger partial charge in [-0.25, -0.2) is 0 Å². The molecule has 0 unspecified atom stereocenters. The second-order valence-corrected chi connectivity index (χ2v) is 36.9.